The van der Waals surface area contributed by atoms with Crippen LogP contribution in [0, 0.1) is 5.92 Å². The third-order valence-corrected chi connectivity index (χ3v) is 2.85. The van der Waals surface area contributed by atoms with Gasteiger partial charge in [0.1, 0.15) is 6.17 Å². The first-order valence-electron chi connectivity index (χ1n) is 5.10. The van der Waals surface area contributed by atoms with Gasteiger partial charge < -0.3 is 5.73 Å². The van der Waals surface area contributed by atoms with Gasteiger partial charge in [-0.15, -0.1) is 0 Å². The lowest BCUT2D eigenvalue weighted by Gasteiger charge is -2.24. The summed E-state index contributed by atoms with van der Waals surface area (Å²) >= 11 is 0. The standard InChI is InChI=1S/C10H20FN/c1-8(12)10(11)7-9-5-3-2-4-6-9/h8-10H,2-7,12H2,1H3. The summed E-state index contributed by atoms with van der Waals surface area (Å²) in [4.78, 5) is 0. The van der Waals surface area contributed by atoms with E-state index in [0.717, 1.165) is 0 Å². The van der Waals surface area contributed by atoms with Crippen molar-refractivity contribution in [3.8, 4) is 0 Å². The lowest BCUT2D eigenvalue weighted by atomic mass is 9.85. The molecule has 0 aromatic carbocycles. The predicted molar refractivity (Wildman–Crippen MR) is 49.7 cm³/mol. The highest BCUT2D eigenvalue weighted by atomic mass is 19.1. The molecule has 0 saturated heterocycles. The summed E-state index contributed by atoms with van der Waals surface area (Å²) in [5.41, 5.74) is 5.48. The van der Waals surface area contributed by atoms with Gasteiger partial charge in [0.25, 0.3) is 0 Å². The molecule has 12 heavy (non-hydrogen) atoms. The molecule has 1 saturated carbocycles. The van der Waals surface area contributed by atoms with Gasteiger partial charge >= 0.3 is 0 Å². The third-order valence-electron chi connectivity index (χ3n) is 2.85. The molecule has 2 N–H and O–H groups in total. The van der Waals surface area contributed by atoms with Gasteiger partial charge in [-0.1, -0.05) is 32.1 Å². The van der Waals surface area contributed by atoms with Crippen LogP contribution in [0.25, 0.3) is 0 Å². The van der Waals surface area contributed by atoms with Crippen molar-refractivity contribution in [3.05, 3.63) is 0 Å². The van der Waals surface area contributed by atoms with E-state index in [2.05, 4.69) is 0 Å². The largest absolute Gasteiger partial charge is 0.325 e. The second-order valence-corrected chi connectivity index (χ2v) is 4.11. The number of nitrogens with two attached hydrogens (primary N) is 1. The van der Waals surface area contributed by atoms with Gasteiger partial charge in [-0.05, 0) is 19.3 Å². The fourth-order valence-corrected chi connectivity index (χ4v) is 1.96. The van der Waals surface area contributed by atoms with Crippen molar-refractivity contribution in [2.24, 2.45) is 11.7 Å². The second-order valence-electron chi connectivity index (χ2n) is 4.11. The van der Waals surface area contributed by atoms with E-state index < -0.39 is 6.17 Å². The first-order chi connectivity index (χ1) is 5.70. The minimum atomic E-state index is -0.784. The highest BCUT2D eigenvalue weighted by molar-refractivity contribution is 4.74. The van der Waals surface area contributed by atoms with Gasteiger partial charge in [0.2, 0.25) is 0 Å². The molecule has 0 heterocycles. The summed E-state index contributed by atoms with van der Waals surface area (Å²) < 4.78 is 13.2. The van der Waals surface area contributed by atoms with Gasteiger partial charge in [-0.3, -0.25) is 0 Å². The Morgan fingerprint density at radius 1 is 1.33 bits per heavy atom. The summed E-state index contributed by atoms with van der Waals surface area (Å²) in [7, 11) is 0. The quantitative estimate of drug-likeness (QED) is 0.697. The molecular weight excluding hydrogens is 153 g/mol. The highest BCUT2D eigenvalue weighted by Crippen LogP contribution is 2.28. The summed E-state index contributed by atoms with van der Waals surface area (Å²) in [5, 5.41) is 0. The molecule has 0 aromatic rings. The Bertz CT molecular complexity index is 119. The van der Waals surface area contributed by atoms with Gasteiger partial charge in [0, 0.05) is 6.04 Å². The van der Waals surface area contributed by atoms with Crippen LogP contribution in [0.3, 0.4) is 0 Å². The Labute approximate surface area is 74.5 Å². The molecule has 2 heteroatoms. The van der Waals surface area contributed by atoms with Crippen molar-refractivity contribution in [3.63, 3.8) is 0 Å². The third kappa shape index (κ3) is 3.10. The van der Waals surface area contributed by atoms with E-state index in [-0.39, 0.29) is 6.04 Å². The molecule has 1 rings (SSSR count). The molecular formula is C10H20FN. The number of rotatable bonds is 3. The minimum Gasteiger partial charge on any atom is -0.325 e. The molecule has 0 bridgehead atoms. The molecule has 2 unspecified atom stereocenters. The predicted octanol–water partition coefficient (Wildman–Crippen LogP) is 2.64. The Morgan fingerprint density at radius 2 is 1.92 bits per heavy atom. The van der Waals surface area contributed by atoms with Gasteiger partial charge in [0.15, 0.2) is 0 Å². The number of hydrogen-bond acceptors (Lipinski definition) is 1. The molecule has 1 nitrogen and oxygen atoms in total. The Morgan fingerprint density at radius 3 is 2.42 bits per heavy atom. The average Bonchev–Trinajstić information content (AvgIpc) is 2.06. The van der Waals surface area contributed by atoms with Crippen molar-refractivity contribution < 1.29 is 4.39 Å². The monoisotopic (exact) mass is 173 g/mol. The maximum atomic E-state index is 13.2. The zero-order valence-corrected chi connectivity index (χ0v) is 7.93. The van der Waals surface area contributed by atoms with Crippen LogP contribution in [-0.2, 0) is 0 Å². The molecule has 2 atom stereocenters. The van der Waals surface area contributed by atoms with E-state index in [1.54, 1.807) is 6.92 Å². The van der Waals surface area contributed by atoms with E-state index in [1.807, 2.05) is 0 Å². The molecule has 1 fully saturated rings. The minimum absolute atomic E-state index is 0.285. The van der Waals surface area contributed by atoms with Crippen LogP contribution < -0.4 is 5.73 Å². The van der Waals surface area contributed by atoms with Crippen LogP contribution in [0.1, 0.15) is 45.4 Å². The lowest BCUT2D eigenvalue weighted by molar-refractivity contribution is 0.208. The Balaban J connectivity index is 2.20. The zero-order valence-electron chi connectivity index (χ0n) is 7.93. The summed E-state index contributed by atoms with van der Waals surface area (Å²) in [6.07, 6.45) is 6.25. The normalized spacial score (nSPS) is 25.2. The van der Waals surface area contributed by atoms with E-state index in [9.17, 15) is 4.39 Å². The van der Waals surface area contributed by atoms with Crippen molar-refractivity contribution in [2.75, 3.05) is 0 Å². The fourth-order valence-electron chi connectivity index (χ4n) is 1.96. The molecule has 72 valence electrons. The summed E-state index contributed by atoms with van der Waals surface area (Å²) in [6, 6.07) is -0.285. The maximum Gasteiger partial charge on any atom is 0.115 e. The van der Waals surface area contributed by atoms with Gasteiger partial charge in [0.05, 0.1) is 0 Å². The summed E-state index contributed by atoms with van der Waals surface area (Å²) in [5.74, 6) is 0.611. The second kappa shape index (κ2) is 4.80. The first kappa shape index (κ1) is 9.97. The van der Waals surface area contributed by atoms with Crippen LogP contribution in [0.4, 0.5) is 4.39 Å². The molecule has 0 radical (unpaired) electrons. The zero-order chi connectivity index (χ0) is 8.97. The van der Waals surface area contributed by atoms with Crippen LogP contribution in [-0.4, -0.2) is 12.2 Å². The first-order valence-corrected chi connectivity index (χ1v) is 5.10. The number of alkyl halides is 1. The maximum absolute atomic E-state index is 13.2. The molecule has 0 aromatic heterocycles. The topological polar surface area (TPSA) is 26.0 Å². The number of halogens is 1. The highest BCUT2D eigenvalue weighted by Gasteiger charge is 2.20. The number of hydrogen-bond donors (Lipinski definition) is 1. The average molecular weight is 173 g/mol. The van der Waals surface area contributed by atoms with Crippen molar-refractivity contribution >= 4 is 0 Å². The van der Waals surface area contributed by atoms with Crippen LogP contribution in [0.2, 0.25) is 0 Å². The van der Waals surface area contributed by atoms with E-state index in [4.69, 9.17) is 5.73 Å². The molecule has 0 spiro atoms. The smallest absolute Gasteiger partial charge is 0.115 e. The molecule has 0 aliphatic heterocycles. The fraction of sp³-hybridized carbons (Fsp3) is 1.00. The van der Waals surface area contributed by atoms with E-state index in [1.165, 1.54) is 32.1 Å². The Kier molecular flexibility index (Phi) is 3.99. The van der Waals surface area contributed by atoms with Crippen molar-refractivity contribution in [1.82, 2.24) is 0 Å². The molecule has 1 aliphatic carbocycles. The Hall–Kier alpha value is -0.110. The van der Waals surface area contributed by atoms with Gasteiger partial charge in [-0.25, -0.2) is 4.39 Å². The van der Waals surface area contributed by atoms with Crippen LogP contribution in [0.15, 0.2) is 0 Å². The van der Waals surface area contributed by atoms with Crippen LogP contribution in [0.5, 0.6) is 0 Å². The van der Waals surface area contributed by atoms with E-state index in [0.29, 0.717) is 12.3 Å². The summed E-state index contributed by atoms with van der Waals surface area (Å²) in [6.45, 7) is 1.76. The van der Waals surface area contributed by atoms with Gasteiger partial charge in [-0.2, -0.15) is 0 Å². The van der Waals surface area contributed by atoms with Crippen molar-refractivity contribution in [1.29, 1.82) is 0 Å². The SMILES string of the molecule is CC(N)C(F)CC1CCCCC1. The van der Waals surface area contributed by atoms with E-state index >= 15 is 0 Å². The van der Waals surface area contributed by atoms with Crippen molar-refractivity contribution in [2.45, 2.75) is 57.7 Å². The molecule has 0 amide bonds. The van der Waals surface area contributed by atoms with Crippen LogP contribution >= 0.6 is 0 Å². The lowest BCUT2D eigenvalue weighted by Crippen LogP contribution is -2.30. The molecule has 1 aliphatic rings.